The van der Waals surface area contributed by atoms with Gasteiger partial charge in [-0.2, -0.15) is 0 Å². The maximum absolute atomic E-state index is 11.9. The quantitative estimate of drug-likeness (QED) is 0.885. The van der Waals surface area contributed by atoms with E-state index in [1.165, 1.54) is 12.1 Å². The topological polar surface area (TPSA) is 47.6 Å². The molecule has 4 nitrogen and oxygen atoms in total. The van der Waals surface area contributed by atoms with Crippen LogP contribution >= 0.6 is 0 Å². The number of alkyl halides is 3. The lowest BCUT2D eigenvalue weighted by Crippen LogP contribution is -2.18. The third kappa shape index (κ3) is 6.31. The van der Waals surface area contributed by atoms with E-state index in [1.807, 2.05) is 13.8 Å². The lowest BCUT2D eigenvalue weighted by atomic mass is 10.1. The van der Waals surface area contributed by atoms with E-state index in [0.29, 0.717) is 5.69 Å². The third-order valence-electron chi connectivity index (χ3n) is 2.53. The molecule has 1 aromatic rings. The molecule has 20 heavy (non-hydrogen) atoms. The smallest absolute Gasteiger partial charge is 0.449 e. The number of carbonyl (C=O) groups is 1. The SMILES string of the molecule is CC[C@H](C)COC(=O)Nc1ccc(OC(F)(F)F)cc1. The van der Waals surface area contributed by atoms with Gasteiger partial charge in [0.15, 0.2) is 0 Å². The summed E-state index contributed by atoms with van der Waals surface area (Å²) in [7, 11) is 0. The summed E-state index contributed by atoms with van der Waals surface area (Å²) >= 11 is 0. The molecule has 0 aromatic heterocycles. The standard InChI is InChI=1S/C13H16F3NO3/c1-3-9(2)8-19-12(18)17-10-4-6-11(7-5-10)20-13(14,15)16/h4-7,9H,3,8H2,1-2H3,(H,17,18)/t9-/m0/s1. The molecule has 1 atom stereocenters. The van der Waals surface area contributed by atoms with Crippen LogP contribution in [0.1, 0.15) is 20.3 Å². The van der Waals surface area contributed by atoms with Crippen LogP contribution in [-0.2, 0) is 4.74 Å². The maximum Gasteiger partial charge on any atom is 0.573 e. The van der Waals surface area contributed by atoms with Gasteiger partial charge in [-0.05, 0) is 30.2 Å². The van der Waals surface area contributed by atoms with Crippen LogP contribution in [0.5, 0.6) is 5.75 Å². The monoisotopic (exact) mass is 291 g/mol. The van der Waals surface area contributed by atoms with Gasteiger partial charge in [-0.3, -0.25) is 5.32 Å². The number of anilines is 1. The van der Waals surface area contributed by atoms with Gasteiger partial charge in [-0.1, -0.05) is 20.3 Å². The van der Waals surface area contributed by atoms with Gasteiger partial charge < -0.3 is 9.47 Å². The van der Waals surface area contributed by atoms with Crippen molar-refractivity contribution in [2.24, 2.45) is 5.92 Å². The second kappa shape index (κ2) is 7.02. The molecule has 0 bridgehead atoms. The van der Waals surface area contributed by atoms with Crippen LogP contribution in [0.25, 0.3) is 0 Å². The Morgan fingerprint density at radius 3 is 2.40 bits per heavy atom. The highest BCUT2D eigenvalue weighted by molar-refractivity contribution is 5.84. The fraction of sp³-hybridized carbons (Fsp3) is 0.462. The molecule has 0 unspecified atom stereocenters. The van der Waals surface area contributed by atoms with Crippen molar-refractivity contribution in [2.45, 2.75) is 26.6 Å². The van der Waals surface area contributed by atoms with Crippen LogP contribution in [-0.4, -0.2) is 19.1 Å². The first-order valence-corrected chi connectivity index (χ1v) is 6.09. The molecule has 0 fully saturated rings. The van der Waals surface area contributed by atoms with Crippen LogP contribution < -0.4 is 10.1 Å². The van der Waals surface area contributed by atoms with E-state index < -0.39 is 12.5 Å². The first kappa shape index (κ1) is 16.1. The number of benzene rings is 1. The van der Waals surface area contributed by atoms with E-state index >= 15 is 0 Å². The first-order chi connectivity index (χ1) is 9.30. The molecule has 1 amide bonds. The Balaban J connectivity index is 2.47. The molecule has 0 aliphatic heterocycles. The zero-order chi connectivity index (χ0) is 15.2. The Bertz CT molecular complexity index is 431. The Morgan fingerprint density at radius 2 is 1.90 bits per heavy atom. The van der Waals surface area contributed by atoms with Gasteiger partial charge in [0.1, 0.15) is 5.75 Å². The molecule has 1 aromatic carbocycles. The summed E-state index contributed by atoms with van der Waals surface area (Å²) in [6, 6.07) is 4.81. The van der Waals surface area contributed by atoms with E-state index in [0.717, 1.165) is 18.6 Å². The minimum absolute atomic E-state index is 0.253. The number of carbonyl (C=O) groups excluding carboxylic acids is 1. The van der Waals surface area contributed by atoms with E-state index in [1.54, 1.807) is 0 Å². The van der Waals surface area contributed by atoms with Crippen molar-refractivity contribution in [1.29, 1.82) is 0 Å². The average molecular weight is 291 g/mol. The fourth-order valence-corrected chi connectivity index (χ4v) is 1.23. The molecule has 0 radical (unpaired) electrons. The normalized spacial score (nSPS) is 12.7. The average Bonchev–Trinajstić information content (AvgIpc) is 2.36. The Labute approximate surface area is 114 Å². The summed E-state index contributed by atoms with van der Waals surface area (Å²) in [4.78, 5) is 11.4. The molecular formula is C13H16F3NO3. The van der Waals surface area contributed by atoms with Crippen molar-refractivity contribution >= 4 is 11.8 Å². The van der Waals surface area contributed by atoms with Crippen LogP contribution in [0.3, 0.4) is 0 Å². The molecule has 112 valence electrons. The zero-order valence-electron chi connectivity index (χ0n) is 11.2. The number of halogens is 3. The van der Waals surface area contributed by atoms with Gasteiger partial charge in [-0.15, -0.1) is 13.2 Å². The molecule has 0 saturated heterocycles. The van der Waals surface area contributed by atoms with Gasteiger partial charge >= 0.3 is 12.5 Å². The van der Waals surface area contributed by atoms with Crippen LogP contribution in [0.2, 0.25) is 0 Å². The van der Waals surface area contributed by atoms with Crippen molar-refractivity contribution in [3.05, 3.63) is 24.3 Å². The summed E-state index contributed by atoms with van der Waals surface area (Å²) < 4.78 is 44.5. The summed E-state index contributed by atoms with van der Waals surface area (Å²) in [5, 5.41) is 2.41. The number of hydrogen-bond acceptors (Lipinski definition) is 3. The van der Waals surface area contributed by atoms with E-state index in [2.05, 4.69) is 10.1 Å². The molecule has 0 saturated carbocycles. The number of ether oxygens (including phenoxy) is 2. The van der Waals surface area contributed by atoms with Gasteiger partial charge in [0.05, 0.1) is 6.61 Å². The molecular weight excluding hydrogens is 275 g/mol. The fourth-order valence-electron chi connectivity index (χ4n) is 1.23. The highest BCUT2D eigenvalue weighted by Crippen LogP contribution is 2.23. The third-order valence-corrected chi connectivity index (χ3v) is 2.53. The predicted molar refractivity (Wildman–Crippen MR) is 67.6 cm³/mol. The molecule has 0 aliphatic rings. The lowest BCUT2D eigenvalue weighted by Gasteiger charge is -2.11. The molecule has 0 heterocycles. The second-order valence-electron chi connectivity index (χ2n) is 4.31. The number of rotatable bonds is 5. The largest absolute Gasteiger partial charge is 0.573 e. The number of nitrogens with one attached hydrogen (secondary N) is 1. The number of amides is 1. The Morgan fingerprint density at radius 1 is 1.30 bits per heavy atom. The summed E-state index contributed by atoms with van der Waals surface area (Å²) in [6.07, 6.45) is -4.49. The van der Waals surface area contributed by atoms with E-state index in [4.69, 9.17) is 4.74 Å². The van der Waals surface area contributed by atoms with Crippen LogP contribution in [0, 0.1) is 5.92 Å². The molecule has 0 spiro atoms. The maximum atomic E-state index is 11.9. The Kier molecular flexibility index (Phi) is 5.66. The zero-order valence-corrected chi connectivity index (χ0v) is 11.2. The molecule has 7 heteroatoms. The highest BCUT2D eigenvalue weighted by Gasteiger charge is 2.30. The summed E-state index contributed by atoms with van der Waals surface area (Å²) in [6.45, 7) is 4.21. The minimum Gasteiger partial charge on any atom is -0.449 e. The lowest BCUT2D eigenvalue weighted by molar-refractivity contribution is -0.274. The first-order valence-electron chi connectivity index (χ1n) is 6.09. The van der Waals surface area contributed by atoms with Gasteiger partial charge in [0.25, 0.3) is 0 Å². The van der Waals surface area contributed by atoms with E-state index in [9.17, 15) is 18.0 Å². The van der Waals surface area contributed by atoms with Gasteiger partial charge in [0, 0.05) is 5.69 Å². The van der Waals surface area contributed by atoms with Crippen LogP contribution in [0.15, 0.2) is 24.3 Å². The second-order valence-corrected chi connectivity index (χ2v) is 4.31. The highest BCUT2D eigenvalue weighted by atomic mass is 19.4. The Hall–Kier alpha value is -1.92. The van der Waals surface area contributed by atoms with Gasteiger partial charge in [0.2, 0.25) is 0 Å². The predicted octanol–water partition coefficient (Wildman–Crippen LogP) is 4.18. The summed E-state index contributed by atoms with van der Waals surface area (Å²) in [5.41, 5.74) is 0.327. The molecule has 1 rings (SSSR count). The van der Waals surface area contributed by atoms with Crippen molar-refractivity contribution in [1.82, 2.24) is 0 Å². The molecule has 1 N–H and O–H groups in total. The molecule has 0 aliphatic carbocycles. The number of hydrogen-bond donors (Lipinski definition) is 1. The van der Waals surface area contributed by atoms with Gasteiger partial charge in [-0.25, -0.2) is 4.79 Å². The van der Waals surface area contributed by atoms with Crippen molar-refractivity contribution in [3.63, 3.8) is 0 Å². The van der Waals surface area contributed by atoms with E-state index in [-0.39, 0.29) is 18.3 Å². The van der Waals surface area contributed by atoms with Crippen LogP contribution in [0.4, 0.5) is 23.7 Å². The summed E-state index contributed by atoms with van der Waals surface area (Å²) in [5.74, 6) is -0.0978. The minimum atomic E-state index is -4.73. The van der Waals surface area contributed by atoms with Crippen molar-refractivity contribution in [3.8, 4) is 5.75 Å². The van der Waals surface area contributed by atoms with Crippen molar-refractivity contribution in [2.75, 3.05) is 11.9 Å². The van der Waals surface area contributed by atoms with Crippen molar-refractivity contribution < 1.29 is 27.4 Å².